The molecule has 0 bridgehead atoms. The van der Waals surface area contributed by atoms with Gasteiger partial charge in [-0.05, 0) is 35.4 Å². The molecule has 2 amide bonds. The quantitative estimate of drug-likeness (QED) is 0.661. The van der Waals surface area contributed by atoms with Crippen molar-refractivity contribution < 1.29 is 14.3 Å². The first kappa shape index (κ1) is 19.3. The average Bonchev–Trinajstić information content (AvgIpc) is 3.16. The number of carbonyl (C=O) groups is 1. The van der Waals surface area contributed by atoms with Crippen LogP contribution in [0.3, 0.4) is 0 Å². The van der Waals surface area contributed by atoms with Crippen molar-refractivity contribution in [2.45, 2.75) is 12.6 Å². The highest BCUT2D eigenvalue weighted by atomic mass is 16.5. The third kappa shape index (κ3) is 4.62. The van der Waals surface area contributed by atoms with Crippen LogP contribution in [-0.2, 0) is 13.6 Å². The van der Waals surface area contributed by atoms with Crippen molar-refractivity contribution in [3.8, 4) is 11.5 Å². The zero-order valence-corrected chi connectivity index (χ0v) is 16.2. The van der Waals surface area contributed by atoms with Crippen molar-refractivity contribution in [2.75, 3.05) is 14.2 Å². The van der Waals surface area contributed by atoms with Crippen LogP contribution >= 0.6 is 0 Å². The predicted octanol–water partition coefficient (Wildman–Crippen LogP) is 3.03. The van der Waals surface area contributed by atoms with E-state index in [0.29, 0.717) is 6.54 Å². The third-order valence-corrected chi connectivity index (χ3v) is 4.45. The lowest BCUT2D eigenvalue weighted by Gasteiger charge is -2.20. The van der Waals surface area contributed by atoms with Crippen LogP contribution in [0.2, 0.25) is 0 Å². The minimum atomic E-state index is -0.387. The summed E-state index contributed by atoms with van der Waals surface area (Å²) in [5.74, 6) is 2.28. The molecular formula is C21H24N4O3. The maximum atomic E-state index is 12.5. The summed E-state index contributed by atoms with van der Waals surface area (Å²) in [6.07, 6.45) is 3.56. The molecule has 146 valence electrons. The molecule has 1 atom stereocenters. The molecule has 3 aromatic rings. The van der Waals surface area contributed by atoms with Gasteiger partial charge in [-0.15, -0.1) is 0 Å². The number of amides is 2. The zero-order valence-electron chi connectivity index (χ0n) is 16.2. The number of methoxy groups -OCH3 is 2. The summed E-state index contributed by atoms with van der Waals surface area (Å²) in [6, 6.07) is 14.5. The minimum Gasteiger partial charge on any atom is -0.497 e. The molecule has 0 fully saturated rings. The fourth-order valence-electron chi connectivity index (χ4n) is 2.86. The number of hydrogen-bond acceptors (Lipinski definition) is 4. The second-order valence-corrected chi connectivity index (χ2v) is 6.28. The second-order valence-electron chi connectivity index (χ2n) is 6.28. The van der Waals surface area contributed by atoms with Gasteiger partial charge < -0.3 is 24.7 Å². The summed E-state index contributed by atoms with van der Waals surface area (Å²) < 4.78 is 12.3. The number of aromatic nitrogens is 2. The molecule has 0 aliphatic rings. The molecule has 7 nitrogen and oxygen atoms in total. The first-order chi connectivity index (χ1) is 13.6. The molecule has 0 aliphatic heterocycles. The Kier molecular flexibility index (Phi) is 6.16. The Bertz CT molecular complexity index is 904. The summed E-state index contributed by atoms with van der Waals surface area (Å²) in [5.41, 5.74) is 1.89. The molecular weight excluding hydrogens is 356 g/mol. The first-order valence-electron chi connectivity index (χ1n) is 8.89. The molecule has 7 heteroatoms. The highest BCUT2D eigenvalue weighted by Crippen LogP contribution is 2.23. The lowest BCUT2D eigenvalue weighted by Crippen LogP contribution is -2.38. The van der Waals surface area contributed by atoms with Crippen LogP contribution in [0.25, 0.3) is 0 Å². The molecule has 1 unspecified atom stereocenters. The topological polar surface area (TPSA) is 77.4 Å². The van der Waals surface area contributed by atoms with Crippen molar-refractivity contribution in [3.05, 3.63) is 77.9 Å². The summed E-state index contributed by atoms with van der Waals surface area (Å²) in [7, 11) is 5.14. The van der Waals surface area contributed by atoms with Gasteiger partial charge in [0.2, 0.25) is 0 Å². The van der Waals surface area contributed by atoms with Crippen LogP contribution in [0.15, 0.2) is 60.9 Å². The largest absolute Gasteiger partial charge is 0.497 e. The van der Waals surface area contributed by atoms with Gasteiger partial charge in [-0.3, -0.25) is 0 Å². The number of imidazole rings is 1. The summed E-state index contributed by atoms with van der Waals surface area (Å²) >= 11 is 0. The van der Waals surface area contributed by atoms with Crippen LogP contribution in [-0.4, -0.2) is 29.8 Å². The zero-order chi connectivity index (χ0) is 19.9. The van der Waals surface area contributed by atoms with Gasteiger partial charge in [0.05, 0.1) is 14.2 Å². The molecule has 0 spiro atoms. The molecule has 1 aromatic heterocycles. The van der Waals surface area contributed by atoms with Gasteiger partial charge in [-0.25, -0.2) is 9.78 Å². The van der Waals surface area contributed by atoms with E-state index in [1.54, 1.807) is 20.4 Å². The van der Waals surface area contributed by atoms with E-state index in [1.807, 2.05) is 66.3 Å². The van der Waals surface area contributed by atoms with Crippen molar-refractivity contribution in [2.24, 2.45) is 7.05 Å². The molecule has 0 saturated carbocycles. The van der Waals surface area contributed by atoms with E-state index in [2.05, 4.69) is 15.6 Å². The molecule has 28 heavy (non-hydrogen) atoms. The number of urea groups is 1. The number of ether oxygens (including phenoxy) is 2. The highest BCUT2D eigenvalue weighted by Gasteiger charge is 2.20. The van der Waals surface area contributed by atoms with Gasteiger partial charge in [-0.2, -0.15) is 0 Å². The average molecular weight is 380 g/mol. The highest BCUT2D eigenvalue weighted by molar-refractivity contribution is 5.74. The minimum absolute atomic E-state index is 0.278. The maximum Gasteiger partial charge on any atom is 0.315 e. The Labute approximate surface area is 164 Å². The fraction of sp³-hybridized carbons (Fsp3) is 0.238. The number of aryl methyl sites for hydroxylation is 1. The third-order valence-electron chi connectivity index (χ3n) is 4.45. The number of benzene rings is 2. The standard InChI is InChI=1S/C21H24N4O3/c1-25-13-12-22-20(25)19(16-6-10-18(28-3)11-7-16)24-21(26)23-14-15-4-8-17(27-2)9-5-15/h4-13,19H,14H2,1-3H3,(H2,23,24,26). The second kappa shape index (κ2) is 8.94. The van der Waals surface area contributed by atoms with Crippen molar-refractivity contribution in [3.63, 3.8) is 0 Å². The Morgan fingerprint density at radius 1 is 1.04 bits per heavy atom. The number of nitrogens with one attached hydrogen (secondary N) is 2. The number of nitrogens with zero attached hydrogens (tertiary/aromatic N) is 2. The number of hydrogen-bond donors (Lipinski definition) is 2. The Morgan fingerprint density at radius 2 is 1.64 bits per heavy atom. The van der Waals surface area contributed by atoms with Crippen LogP contribution in [0.4, 0.5) is 4.79 Å². The van der Waals surface area contributed by atoms with Gasteiger partial charge in [0.15, 0.2) is 0 Å². The van der Waals surface area contributed by atoms with E-state index in [0.717, 1.165) is 28.5 Å². The summed E-state index contributed by atoms with van der Waals surface area (Å²) in [4.78, 5) is 16.9. The van der Waals surface area contributed by atoms with Crippen LogP contribution in [0.5, 0.6) is 11.5 Å². The SMILES string of the molecule is COc1ccc(CNC(=O)NC(c2ccc(OC)cc2)c2nccn2C)cc1. The monoisotopic (exact) mass is 380 g/mol. The lowest BCUT2D eigenvalue weighted by atomic mass is 10.1. The number of carbonyl (C=O) groups excluding carboxylic acids is 1. The normalized spacial score (nSPS) is 11.5. The molecule has 0 saturated heterocycles. The van der Waals surface area contributed by atoms with Crippen LogP contribution in [0.1, 0.15) is 23.0 Å². The van der Waals surface area contributed by atoms with E-state index in [1.165, 1.54) is 0 Å². The van der Waals surface area contributed by atoms with E-state index >= 15 is 0 Å². The molecule has 2 N–H and O–H groups in total. The van der Waals surface area contributed by atoms with Gasteiger partial charge in [0, 0.05) is 26.0 Å². The van der Waals surface area contributed by atoms with Crippen LogP contribution < -0.4 is 20.1 Å². The molecule has 3 rings (SSSR count). The Hall–Kier alpha value is -3.48. The van der Waals surface area contributed by atoms with Gasteiger partial charge >= 0.3 is 6.03 Å². The molecule has 0 radical (unpaired) electrons. The maximum absolute atomic E-state index is 12.5. The van der Waals surface area contributed by atoms with Crippen LogP contribution in [0, 0.1) is 0 Å². The summed E-state index contributed by atoms with van der Waals surface area (Å²) in [6.45, 7) is 0.408. The molecule has 0 aliphatic carbocycles. The van der Waals surface area contributed by atoms with Crippen molar-refractivity contribution >= 4 is 6.03 Å². The van der Waals surface area contributed by atoms with Gasteiger partial charge in [-0.1, -0.05) is 24.3 Å². The van der Waals surface area contributed by atoms with E-state index in [-0.39, 0.29) is 12.1 Å². The Morgan fingerprint density at radius 3 is 2.18 bits per heavy atom. The lowest BCUT2D eigenvalue weighted by molar-refractivity contribution is 0.237. The van der Waals surface area contributed by atoms with E-state index in [9.17, 15) is 4.79 Å². The molecule has 2 aromatic carbocycles. The smallest absolute Gasteiger partial charge is 0.315 e. The fourth-order valence-corrected chi connectivity index (χ4v) is 2.86. The molecule has 1 heterocycles. The summed E-state index contributed by atoms with van der Waals surface area (Å²) in [5, 5.41) is 5.90. The van der Waals surface area contributed by atoms with Gasteiger partial charge in [0.1, 0.15) is 23.4 Å². The van der Waals surface area contributed by atoms with E-state index < -0.39 is 0 Å². The van der Waals surface area contributed by atoms with E-state index in [4.69, 9.17) is 9.47 Å². The van der Waals surface area contributed by atoms with Crippen molar-refractivity contribution in [1.82, 2.24) is 20.2 Å². The predicted molar refractivity (Wildman–Crippen MR) is 106 cm³/mol. The van der Waals surface area contributed by atoms with Gasteiger partial charge in [0.25, 0.3) is 0 Å². The van der Waals surface area contributed by atoms with Crippen molar-refractivity contribution in [1.29, 1.82) is 0 Å². The number of rotatable bonds is 7. The first-order valence-corrected chi connectivity index (χ1v) is 8.89. The Balaban J connectivity index is 1.71.